The van der Waals surface area contributed by atoms with Gasteiger partial charge in [0.15, 0.2) is 5.13 Å². The largest absolute Gasteiger partial charge is 0.383 e. The number of hydrogen-bond donors (Lipinski definition) is 1. The van der Waals surface area contributed by atoms with E-state index in [1.807, 2.05) is 6.07 Å². The molecule has 3 nitrogen and oxygen atoms in total. The second-order valence-corrected chi connectivity index (χ2v) is 5.27. The molecule has 94 valence electrons. The highest BCUT2D eigenvalue weighted by atomic mass is 32.1. The van der Waals surface area contributed by atoms with E-state index in [1.54, 1.807) is 24.5 Å². The number of anilines is 1. The van der Waals surface area contributed by atoms with Crippen molar-refractivity contribution in [3.05, 3.63) is 34.5 Å². The zero-order valence-corrected chi connectivity index (χ0v) is 10.8. The molecule has 0 radical (unpaired) electrons. The highest BCUT2D eigenvalue weighted by molar-refractivity contribution is 7.16. The standard InChI is InChI=1S/C13H13FN2OS/c1-17-5-4-15-13-16-12-10-3-2-9(14)6-8(10)7-11(12)18-13/h2-3,6H,4-5,7H2,1H3,(H,15,16). The Hall–Kier alpha value is -1.46. The molecule has 3 rings (SSSR count). The molecule has 1 aromatic carbocycles. The van der Waals surface area contributed by atoms with Crippen LogP contribution in [0.2, 0.25) is 0 Å². The van der Waals surface area contributed by atoms with E-state index < -0.39 is 0 Å². The van der Waals surface area contributed by atoms with Gasteiger partial charge in [-0.2, -0.15) is 0 Å². The van der Waals surface area contributed by atoms with E-state index in [0.717, 1.165) is 34.9 Å². The van der Waals surface area contributed by atoms with Crippen molar-refractivity contribution < 1.29 is 9.13 Å². The summed E-state index contributed by atoms with van der Waals surface area (Å²) in [5.74, 6) is -0.178. The number of nitrogens with zero attached hydrogens (tertiary/aromatic N) is 1. The van der Waals surface area contributed by atoms with Gasteiger partial charge in [0.1, 0.15) is 5.82 Å². The zero-order valence-electron chi connectivity index (χ0n) is 10.00. The maximum Gasteiger partial charge on any atom is 0.183 e. The fourth-order valence-electron chi connectivity index (χ4n) is 2.13. The van der Waals surface area contributed by atoms with Crippen molar-refractivity contribution in [3.8, 4) is 11.3 Å². The minimum absolute atomic E-state index is 0.178. The van der Waals surface area contributed by atoms with Crippen molar-refractivity contribution in [2.24, 2.45) is 0 Å². The third-order valence-corrected chi connectivity index (χ3v) is 3.97. The van der Waals surface area contributed by atoms with Crippen LogP contribution in [-0.2, 0) is 11.2 Å². The summed E-state index contributed by atoms with van der Waals surface area (Å²) < 4.78 is 18.1. The minimum Gasteiger partial charge on any atom is -0.383 e. The SMILES string of the molecule is COCCNc1nc2c(s1)Cc1cc(F)ccc1-2. The molecule has 5 heteroatoms. The monoisotopic (exact) mass is 264 g/mol. The molecule has 0 atom stereocenters. The van der Waals surface area contributed by atoms with Crippen molar-refractivity contribution >= 4 is 16.5 Å². The summed E-state index contributed by atoms with van der Waals surface area (Å²) in [5.41, 5.74) is 3.09. The van der Waals surface area contributed by atoms with Gasteiger partial charge in [0.2, 0.25) is 0 Å². The lowest BCUT2D eigenvalue weighted by molar-refractivity contribution is 0.211. The van der Waals surface area contributed by atoms with Gasteiger partial charge in [-0.15, -0.1) is 11.3 Å². The summed E-state index contributed by atoms with van der Waals surface area (Å²) in [4.78, 5) is 5.77. The lowest BCUT2D eigenvalue weighted by Crippen LogP contribution is -2.07. The lowest BCUT2D eigenvalue weighted by atomic mass is 10.1. The Labute approximate surface area is 109 Å². The number of benzene rings is 1. The van der Waals surface area contributed by atoms with Crippen LogP contribution in [0.3, 0.4) is 0 Å². The first-order valence-electron chi connectivity index (χ1n) is 5.79. The smallest absolute Gasteiger partial charge is 0.183 e. The van der Waals surface area contributed by atoms with Crippen LogP contribution in [0.4, 0.5) is 9.52 Å². The van der Waals surface area contributed by atoms with Gasteiger partial charge in [0, 0.05) is 30.5 Å². The number of rotatable bonds is 4. The Morgan fingerprint density at radius 1 is 1.50 bits per heavy atom. The van der Waals surface area contributed by atoms with Crippen molar-refractivity contribution in [3.63, 3.8) is 0 Å². The fraction of sp³-hybridized carbons (Fsp3) is 0.308. The van der Waals surface area contributed by atoms with E-state index in [-0.39, 0.29) is 5.82 Å². The van der Waals surface area contributed by atoms with Crippen LogP contribution in [0.1, 0.15) is 10.4 Å². The summed E-state index contributed by atoms with van der Waals surface area (Å²) in [6.45, 7) is 1.41. The van der Waals surface area contributed by atoms with E-state index in [9.17, 15) is 4.39 Å². The molecule has 1 aromatic heterocycles. The summed E-state index contributed by atoms with van der Waals surface area (Å²) in [5, 5.41) is 4.13. The third-order valence-electron chi connectivity index (χ3n) is 2.95. The first kappa shape index (κ1) is 11.6. The van der Waals surface area contributed by atoms with Crippen LogP contribution < -0.4 is 5.32 Å². The molecule has 1 N–H and O–H groups in total. The minimum atomic E-state index is -0.178. The second-order valence-electron chi connectivity index (χ2n) is 4.19. The number of methoxy groups -OCH3 is 1. The Bertz CT molecular complexity index is 582. The lowest BCUT2D eigenvalue weighted by Gasteiger charge is -2.02. The summed E-state index contributed by atoms with van der Waals surface area (Å²) in [6.07, 6.45) is 0.784. The second kappa shape index (κ2) is 4.66. The van der Waals surface area contributed by atoms with Crippen molar-refractivity contribution in [1.82, 2.24) is 4.98 Å². The molecule has 0 bridgehead atoms. The Morgan fingerprint density at radius 3 is 3.22 bits per heavy atom. The molecule has 0 unspecified atom stereocenters. The summed E-state index contributed by atoms with van der Waals surface area (Å²) in [7, 11) is 1.67. The number of nitrogens with one attached hydrogen (secondary N) is 1. The Morgan fingerprint density at radius 2 is 2.39 bits per heavy atom. The number of hydrogen-bond acceptors (Lipinski definition) is 4. The highest BCUT2D eigenvalue weighted by Gasteiger charge is 2.23. The van der Waals surface area contributed by atoms with Gasteiger partial charge in [0.05, 0.1) is 12.3 Å². The predicted molar refractivity (Wildman–Crippen MR) is 70.7 cm³/mol. The molecule has 0 aliphatic heterocycles. The van der Waals surface area contributed by atoms with Crippen LogP contribution in [0.25, 0.3) is 11.3 Å². The number of fused-ring (bicyclic) bond motifs is 3. The molecular weight excluding hydrogens is 251 g/mol. The Kier molecular flexibility index (Phi) is 3.01. The van der Waals surface area contributed by atoms with Crippen LogP contribution in [0.5, 0.6) is 0 Å². The van der Waals surface area contributed by atoms with E-state index in [4.69, 9.17) is 4.74 Å². The molecule has 1 aliphatic rings. The van der Waals surface area contributed by atoms with E-state index in [2.05, 4.69) is 10.3 Å². The van der Waals surface area contributed by atoms with Crippen LogP contribution >= 0.6 is 11.3 Å². The van der Waals surface area contributed by atoms with E-state index in [1.165, 1.54) is 10.9 Å². The molecule has 0 saturated carbocycles. The van der Waals surface area contributed by atoms with Crippen LogP contribution in [-0.4, -0.2) is 25.2 Å². The topological polar surface area (TPSA) is 34.1 Å². The van der Waals surface area contributed by atoms with Gasteiger partial charge in [-0.1, -0.05) is 0 Å². The van der Waals surface area contributed by atoms with Crippen molar-refractivity contribution in [2.75, 3.05) is 25.6 Å². The fourth-order valence-corrected chi connectivity index (χ4v) is 3.15. The van der Waals surface area contributed by atoms with E-state index in [0.29, 0.717) is 6.61 Å². The van der Waals surface area contributed by atoms with Gasteiger partial charge >= 0.3 is 0 Å². The zero-order chi connectivity index (χ0) is 12.5. The number of thiazole rings is 1. The molecule has 18 heavy (non-hydrogen) atoms. The van der Waals surface area contributed by atoms with Gasteiger partial charge in [-0.05, 0) is 23.8 Å². The Balaban J connectivity index is 1.84. The normalized spacial score (nSPS) is 12.3. The first-order chi connectivity index (χ1) is 8.78. The van der Waals surface area contributed by atoms with Crippen LogP contribution in [0.15, 0.2) is 18.2 Å². The van der Waals surface area contributed by atoms with Crippen molar-refractivity contribution in [2.45, 2.75) is 6.42 Å². The van der Waals surface area contributed by atoms with Crippen LogP contribution in [0, 0.1) is 5.82 Å². The molecule has 2 aromatic rings. The molecule has 0 spiro atoms. The summed E-state index contributed by atoms with van der Waals surface area (Å²) in [6, 6.07) is 4.90. The molecule has 1 aliphatic carbocycles. The highest BCUT2D eigenvalue weighted by Crippen LogP contribution is 2.41. The van der Waals surface area contributed by atoms with E-state index >= 15 is 0 Å². The predicted octanol–water partition coefficient (Wildman–Crippen LogP) is 2.91. The van der Waals surface area contributed by atoms with Gasteiger partial charge < -0.3 is 10.1 Å². The molecule has 0 fully saturated rings. The third kappa shape index (κ3) is 2.00. The first-order valence-corrected chi connectivity index (χ1v) is 6.61. The maximum absolute atomic E-state index is 13.1. The van der Waals surface area contributed by atoms with Gasteiger partial charge in [0.25, 0.3) is 0 Å². The number of halogens is 1. The number of ether oxygens (including phenoxy) is 1. The molecular formula is C13H13FN2OS. The average molecular weight is 264 g/mol. The average Bonchev–Trinajstić information content (AvgIpc) is 2.85. The molecule has 0 amide bonds. The van der Waals surface area contributed by atoms with Gasteiger partial charge in [-0.3, -0.25) is 0 Å². The maximum atomic E-state index is 13.1. The quantitative estimate of drug-likeness (QED) is 0.736. The summed E-state index contributed by atoms with van der Waals surface area (Å²) >= 11 is 1.63. The van der Waals surface area contributed by atoms with Gasteiger partial charge in [-0.25, -0.2) is 9.37 Å². The number of aromatic nitrogens is 1. The van der Waals surface area contributed by atoms with Crippen molar-refractivity contribution in [1.29, 1.82) is 0 Å². The molecule has 1 heterocycles. The molecule has 0 saturated heterocycles.